The largest absolute Gasteiger partial charge is 0.368 e. The summed E-state index contributed by atoms with van der Waals surface area (Å²) in [4.78, 5) is 13.2. The van der Waals surface area contributed by atoms with Crippen LogP contribution in [0.3, 0.4) is 0 Å². The van der Waals surface area contributed by atoms with Gasteiger partial charge in [0.2, 0.25) is 5.95 Å². The number of hydrogen-bond acceptors (Lipinski definition) is 5. The molecule has 0 aromatic carbocycles. The minimum atomic E-state index is 0.343. The summed E-state index contributed by atoms with van der Waals surface area (Å²) in [7, 11) is 2.25. The lowest BCUT2D eigenvalue weighted by Gasteiger charge is -2.27. The quantitative estimate of drug-likeness (QED) is 0.851. The van der Waals surface area contributed by atoms with Gasteiger partial charge in [0.25, 0.3) is 0 Å². The van der Waals surface area contributed by atoms with Gasteiger partial charge < -0.3 is 10.6 Å². The molecule has 3 rings (SSSR count). The first-order valence-corrected chi connectivity index (χ1v) is 7.19. The third kappa shape index (κ3) is 2.07. The molecular weight excluding hydrogens is 294 g/mol. The predicted molar refractivity (Wildman–Crippen MR) is 75.5 cm³/mol. The summed E-state index contributed by atoms with van der Waals surface area (Å²) < 4.78 is 0.928. The van der Waals surface area contributed by atoms with E-state index >= 15 is 0 Å². The zero-order chi connectivity index (χ0) is 12.7. The molecule has 2 bridgehead atoms. The van der Waals surface area contributed by atoms with Gasteiger partial charge in [0.1, 0.15) is 5.82 Å². The Morgan fingerprint density at radius 1 is 1.33 bits per heavy atom. The Hall–Kier alpha value is -0.880. The average molecular weight is 312 g/mol. The van der Waals surface area contributed by atoms with E-state index < -0.39 is 0 Å². The van der Waals surface area contributed by atoms with Crippen molar-refractivity contribution in [2.75, 3.05) is 30.8 Å². The van der Waals surface area contributed by atoms with Crippen LogP contribution < -0.4 is 10.6 Å². The Kier molecular flexibility index (Phi) is 3.15. The second-order valence-electron chi connectivity index (χ2n) is 5.18. The molecule has 0 radical (unpaired) electrons. The minimum absolute atomic E-state index is 0.343. The molecule has 2 aliphatic heterocycles. The number of rotatable bonds is 1. The third-order valence-corrected chi connectivity index (χ3v) is 4.75. The topological polar surface area (TPSA) is 58.3 Å². The number of nitrogens with zero attached hydrogens (tertiary/aromatic N) is 4. The molecule has 2 fully saturated rings. The van der Waals surface area contributed by atoms with Crippen molar-refractivity contribution in [2.45, 2.75) is 31.3 Å². The standard InChI is InChI=1S/C12H18BrN5/c1-17-8-2-3-9(17)7-18(5-4-8)11-10(13)6-15-12(14)16-11/h6,8-9H,2-5,7H2,1H3,(H2,14,15,16). The molecule has 2 N–H and O–H groups in total. The molecular formula is C12H18BrN5. The molecule has 3 heterocycles. The minimum Gasteiger partial charge on any atom is -0.368 e. The molecule has 2 unspecified atom stereocenters. The van der Waals surface area contributed by atoms with Crippen LogP contribution in [0.2, 0.25) is 0 Å². The molecule has 5 nitrogen and oxygen atoms in total. The number of halogens is 1. The van der Waals surface area contributed by atoms with Gasteiger partial charge >= 0.3 is 0 Å². The smallest absolute Gasteiger partial charge is 0.222 e. The fourth-order valence-electron chi connectivity index (χ4n) is 3.09. The van der Waals surface area contributed by atoms with E-state index in [1.54, 1.807) is 6.20 Å². The zero-order valence-corrected chi connectivity index (χ0v) is 12.1. The van der Waals surface area contributed by atoms with Gasteiger partial charge in [-0.1, -0.05) is 0 Å². The third-order valence-electron chi connectivity index (χ3n) is 4.19. The lowest BCUT2D eigenvalue weighted by molar-refractivity contribution is 0.254. The maximum Gasteiger partial charge on any atom is 0.222 e. The van der Waals surface area contributed by atoms with E-state index in [1.165, 1.54) is 19.3 Å². The number of aromatic nitrogens is 2. The monoisotopic (exact) mass is 311 g/mol. The van der Waals surface area contributed by atoms with Crippen molar-refractivity contribution < 1.29 is 0 Å². The average Bonchev–Trinajstić information content (AvgIpc) is 2.57. The van der Waals surface area contributed by atoms with Crippen LogP contribution in [-0.2, 0) is 0 Å². The number of likely N-dealkylation sites (N-methyl/N-ethyl adjacent to an activating group) is 1. The first-order chi connectivity index (χ1) is 8.65. The van der Waals surface area contributed by atoms with Crippen molar-refractivity contribution >= 4 is 27.7 Å². The van der Waals surface area contributed by atoms with Crippen LogP contribution in [-0.4, -0.2) is 47.1 Å². The van der Waals surface area contributed by atoms with Crippen molar-refractivity contribution in [2.24, 2.45) is 0 Å². The molecule has 6 heteroatoms. The highest BCUT2D eigenvalue weighted by atomic mass is 79.9. The van der Waals surface area contributed by atoms with Gasteiger partial charge in [-0.2, -0.15) is 4.98 Å². The van der Waals surface area contributed by atoms with E-state index in [0.29, 0.717) is 12.0 Å². The Morgan fingerprint density at radius 3 is 2.94 bits per heavy atom. The van der Waals surface area contributed by atoms with E-state index in [0.717, 1.165) is 29.4 Å². The number of fused-ring (bicyclic) bond motifs is 2. The van der Waals surface area contributed by atoms with Crippen LogP contribution in [0.4, 0.5) is 11.8 Å². The molecule has 2 atom stereocenters. The maximum atomic E-state index is 5.70. The van der Waals surface area contributed by atoms with Crippen molar-refractivity contribution in [3.05, 3.63) is 10.7 Å². The van der Waals surface area contributed by atoms with Crippen molar-refractivity contribution in [1.82, 2.24) is 14.9 Å². The van der Waals surface area contributed by atoms with E-state index in [4.69, 9.17) is 5.73 Å². The maximum absolute atomic E-state index is 5.70. The summed E-state index contributed by atoms with van der Waals surface area (Å²) in [5.41, 5.74) is 5.70. The summed E-state index contributed by atoms with van der Waals surface area (Å²) in [6.07, 6.45) is 5.56. The highest BCUT2D eigenvalue weighted by Gasteiger charge is 2.35. The number of nitrogen functional groups attached to an aromatic ring is 1. The van der Waals surface area contributed by atoms with E-state index in [2.05, 4.69) is 42.7 Å². The predicted octanol–water partition coefficient (Wildman–Crippen LogP) is 1.49. The van der Waals surface area contributed by atoms with Crippen LogP contribution in [0.25, 0.3) is 0 Å². The van der Waals surface area contributed by atoms with Crippen LogP contribution in [0.1, 0.15) is 19.3 Å². The lowest BCUT2D eigenvalue weighted by Crippen LogP contribution is -2.37. The van der Waals surface area contributed by atoms with Gasteiger partial charge in [-0.25, -0.2) is 4.98 Å². The Labute approximate surface area is 116 Å². The van der Waals surface area contributed by atoms with Crippen LogP contribution in [0, 0.1) is 0 Å². The Bertz CT molecular complexity index is 452. The number of hydrogen-bond donors (Lipinski definition) is 1. The molecule has 18 heavy (non-hydrogen) atoms. The molecule has 2 saturated heterocycles. The SMILES string of the molecule is CN1C2CCC1CN(c1nc(N)ncc1Br)CC2. The fraction of sp³-hybridized carbons (Fsp3) is 0.667. The highest BCUT2D eigenvalue weighted by molar-refractivity contribution is 9.10. The summed E-state index contributed by atoms with van der Waals surface area (Å²) in [6.45, 7) is 2.07. The summed E-state index contributed by atoms with van der Waals surface area (Å²) in [5.74, 6) is 1.28. The van der Waals surface area contributed by atoms with Crippen molar-refractivity contribution in [3.8, 4) is 0 Å². The summed E-state index contributed by atoms with van der Waals surface area (Å²) in [5, 5.41) is 0. The van der Waals surface area contributed by atoms with Gasteiger partial charge in [0.15, 0.2) is 0 Å². The highest BCUT2D eigenvalue weighted by Crippen LogP contribution is 2.32. The normalized spacial score (nSPS) is 28.4. The van der Waals surface area contributed by atoms with E-state index in [1.807, 2.05) is 0 Å². The molecule has 1 aromatic rings. The van der Waals surface area contributed by atoms with E-state index in [-0.39, 0.29) is 0 Å². The van der Waals surface area contributed by atoms with Gasteiger partial charge in [-0.15, -0.1) is 0 Å². The summed E-state index contributed by atoms with van der Waals surface area (Å²) in [6, 6.07) is 1.37. The number of anilines is 2. The van der Waals surface area contributed by atoms with Crippen LogP contribution >= 0.6 is 15.9 Å². The fourth-order valence-corrected chi connectivity index (χ4v) is 3.54. The molecule has 0 spiro atoms. The summed E-state index contributed by atoms with van der Waals surface area (Å²) >= 11 is 3.52. The van der Waals surface area contributed by atoms with Gasteiger partial charge in [0, 0.05) is 31.4 Å². The molecule has 0 aliphatic carbocycles. The van der Waals surface area contributed by atoms with Crippen molar-refractivity contribution in [3.63, 3.8) is 0 Å². The van der Waals surface area contributed by atoms with Crippen molar-refractivity contribution in [1.29, 1.82) is 0 Å². The first kappa shape index (κ1) is 12.2. The lowest BCUT2D eigenvalue weighted by atomic mass is 10.1. The van der Waals surface area contributed by atoms with E-state index in [9.17, 15) is 0 Å². The van der Waals surface area contributed by atoms with Crippen LogP contribution in [0.15, 0.2) is 10.7 Å². The number of nitrogens with two attached hydrogens (primary N) is 1. The van der Waals surface area contributed by atoms with Gasteiger partial charge in [-0.3, -0.25) is 4.90 Å². The molecule has 0 amide bonds. The first-order valence-electron chi connectivity index (χ1n) is 6.40. The van der Waals surface area contributed by atoms with Gasteiger partial charge in [0.05, 0.1) is 4.47 Å². The second-order valence-corrected chi connectivity index (χ2v) is 6.04. The molecule has 0 saturated carbocycles. The Balaban J connectivity index is 1.87. The van der Waals surface area contributed by atoms with Crippen LogP contribution in [0.5, 0.6) is 0 Å². The van der Waals surface area contributed by atoms with Gasteiger partial charge in [-0.05, 0) is 42.2 Å². The Morgan fingerprint density at radius 2 is 2.11 bits per heavy atom. The molecule has 2 aliphatic rings. The zero-order valence-electron chi connectivity index (χ0n) is 10.5. The molecule has 1 aromatic heterocycles. The molecule has 98 valence electrons. The second kappa shape index (κ2) is 4.66.